The van der Waals surface area contributed by atoms with Crippen molar-refractivity contribution in [2.45, 2.75) is 55.3 Å². The van der Waals surface area contributed by atoms with E-state index in [0.717, 1.165) is 6.07 Å². The van der Waals surface area contributed by atoms with E-state index >= 15 is 0 Å². The number of phenols is 3. The third kappa shape index (κ3) is 5.19. The summed E-state index contributed by atoms with van der Waals surface area (Å²) in [6.45, 7) is -1.32. The minimum Gasteiger partial charge on any atom is -0.508 e. The van der Waals surface area contributed by atoms with Gasteiger partial charge in [-0.25, -0.2) is 0 Å². The first-order valence-corrected chi connectivity index (χ1v) is 12.6. The molecule has 10 N–H and O–H groups in total. The van der Waals surface area contributed by atoms with Gasteiger partial charge in [-0.3, -0.25) is 4.79 Å². The molecule has 0 saturated carbocycles. The normalized spacial score (nSPS) is 31.6. The van der Waals surface area contributed by atoms with Crippen LogP contribution >= 0.6 is 0 Å². The Morgan fingerprint density at radius 2 is 1.43 bits per heavy atom. The van der Waals surface area contributed by atoms with Gasteiger partial charge in [-0.2, -0.15) is 0 Å². The van der Waals surface area contributed by atoms with E-state index in [0.29, 0.717) is 0 Å². The molecule has 1 aromatic heterocycles. The van der Waals surface area contributed by atoms with Crippen molar-refractivity contribution in [3.63, 3.8) is 0 Å². The number of benzene rings is 2. The number of hydrogen-bond acceptors (Lipinski definition) is 16. The zero-order chi connectivity index (χ0) is 30.5. The van der Waals surface area contributed by atoms with Gasteiger partial charge < -0.3 is 74.4 Å². The molecule has 2 saturated heterocycles. The second kappa shape index (κ2) is 11.5. The zero-order valence-electron chi connectivity index (χ0n) is 21.4. The minimum atomic E-state index is -1.97. The summed E-state index contributed by atoms with van der Waals surface area (Å²) in [4.78, 5) is 13.3. The molecule has 42 heavy (non-hydrogen) atoms. The van der Waals surface area contributed by atoms with Gasteiger partial charge in [0.05, 0.1) is 13.2 Å². The summed E-state index contributed by atoms with van der Waals surface area (Å²) in [5.74, 6) is -3.99. The number of hydrogen-bond donors (Lipinski definition) is 10. The van der Waals surface area contributed by atoms with Gasteiger partial charge in [-0.1, -0.05) is 0 Å². The van der Waals surface area contributed by atoms with Gasteiger partial charge in [0.1, 0.15) is 59.6 Å². The number of phenolic OH excluding ortho intramolecular Hbond substituents is 3. The van der Waals surface area contributed by atoms with E-state index in [1.54, 1.807) is 0 Å². The molecule has 228 valence electrons. The van der Waals surface area contributed by atoms with Crippen molar-refractivity contribution in [2.24, 2.45) is 0 Å². The highest BCUT2D eigenvalue weighted by Crippen LogP contribution is 2.51. The third-order valence-electron chi connectivity index (χ3n) is 6.96. The molecule has 0 radical (unpaired) electrons. The van der Waals surface area contributed by atoms with Gasteiger partial charge >= 0.3 is 0 Å². The van der Waals surface area contributed by atoms with E-state index in [9.17, 15) is 55.9 Å². The lowest BCUT2D eigenvalue weighted by atomic mass is 9.99. The first kappa shape index (κ1) is 29.8. The fourth-order valence-electron chi connectivity index (χ4n) is 4.58. The molecule has 0 spiro atoms. The van der Waals surface area contributed by atoms with Crippen molar-refractivity contribution >= 4 is 11.0 Å². The highest BCUT2D eigenvalue weighted by Gasteiger charge is 2.46. The van der Waals surface area contributed by atoms with Crippen LogP contribution in [0.5, 0.6) is 28.7 Å². The van der Waals surface area contributed by atoms with E-state index in [1.165, 1.54) is 24.3 Å². The van der Waals surface area contributed by atoms with Crippen molar-refractivity contribution in [1.82, 2.24) is 0 Å². The molecule has 0 bridgehead atoms. The Kier molecular flexibility index (Phi) is 8.17. The van der Waals surface area contributed by atoms with Crippen LogP contribution in [0.15, 0.2) is 39.5 Å². The molecule has 2 aliphatic rings. The van der Waals surface area contributed by atoms with Crippen LogP contribution in [-0.2, 0) is 9.47 Å². The highest BCUT2D eigenvalue weighted by molar-refractivity contribution is 5.95. The number of aromatic hydroxyl groups is 3. The summed E-state index contributed by atoms with van der Waals surface area (Å²) >= 11 is 0. The number of ether oxygens (including phenoxy) is 4. The second-order valence-electron chi connectivity index (χ2n) is 9.76. The van der Waals surface area contributed by atoms with Gasteiger partial charge in [0, 0.05) is 11.6 Å². The summed E-state index contributed by atoms with van der Waals surface area (Å²) in [7, 11) is 0. The molecule has 2 aliphatic heterocycles. The van der Waals surface area contributed by atoms with Crippen molar-refractivity contribution in [3.05, 3.63) is 40.6 Å². The fraction of sp³-hybridized carbons (Fsp3) is 0.423. The number of rotatable bonds is 6. The lowest BCUT2D eigenvalue weighted by Gasteiger charge is -2.39. The molecule has 0 aliphatic carbocycles. The largest absolute Gasteiger partial charge is 0.508 e. The Morgan fingerprint density at radius 1 is 0.786 bits per heavy atom. The Labute approximate surface area is 235 Å². The van der Waals surface area contributed by atoms with Crippen molar-refractivity contribution < 1.29 is 74.4 Å². The smallest absolute Gasteiger partial charge is 0.229 e. The van der Waals surface area contributed by atoms with Crippen LogP contribution in [0.1, 0.15) is 0 Å². The standard InChI is InChI=1S/C26H28O16/c27-6-13-16(32)18(34)20(36)26(40-13)42-24-21(37)23(41-25-19(35)15(31)11(30)7-38-25)17(33)14-10(29)5-12(39-22(14)24)8-1-3-9(28)4-2-8/h1-5,11,13,15-16,18-20,25-28,30-37H,6-7H2/t11-,13-,15-,16-,18+,19+,20-,25-,26-/m1/s1. The van der Waals surface area contributed by atoms with Gasteiger partial charge in [0.25, 0.3) is 0 Å². The van der Waals surface area contributed by atoms with Gasteiger partial charge in [-0.05, 0) is 24.3 Å². The maximum atomic E-state index is 13.3. The number of fused-ring (bicyclic) bond motifs is 1. The number of aliphatic hydroxyl groups excluding tert-OH is 7. The second-order valence-corrected chi connectivity index (χ2v) is 9.76. The Hall–Kier alpha value is -3.71. The van der Waals surface area contributed by atoms with Crippen molar-refractivity contribution in [1.29, 1.82) is 0 Å². The predicted molar refractivity (Wildman–Crippen MR) is 136 cm³/mol. The lowest BCUT2D eigenvalue weighted by molar-refractivity contribution is -0.277. The van der Waals surface area contributed by atoms with Crippen LogP contribution < -0.4 is 14.9 Å². The maximum Gasteiger partial charge on any atom is 0.229 e. The summed E-state index contributed by atoms with van der Waals surface area (Å²) in [6, 6.07) is 6.38. The lowest BCUT2D eigenvalue weighted by Crippen LogP contribution is -2.60. The zero-order valence-corrected chi connectivity index (χ0v) is 21.4. The summed E-state index contributed by atoms with van der Waals surface area (Å²) < 4.78 is 27.3. The third-order valence-corrected chi connectivity index (χ3v) is 6.96. The average molecular weight is 596 g/mol. The average Bonchev–Trinajstić information content (AvgIpc) is 2.97. The molecule has 9 atom stereocenters. The van der Waals surface area contributed by atoms with E-state index in [1.807, 2.05) is 0 Å². The van der Waals surface area contributed by atoms with Crippen LogP contribution in [-0.4, -0.2) is 120 Å². The summed E-state index contributed by atoms with van der Waals surface area (Å²) in [6.07, 6.45) is -15.8. The quantitative estimate of drug-likeness (QED) is 0.142. The molecular weight excluding hydrogens is 568 g/mol. The van der Waals surface area contributed by atoms with E-state index in [2.05, 4.69) is 0 Å². The van der Waals surface area contributed by atoms with E-state index in [4.69, 9.17) is 23.4 Å². The molecule has 3 heterocycles. The molecule has 16 heteroatoms. The fourth-order valence-corrected chi connectivity index (χ4v) is 4.58. The van der Waals surface area contributed by atoms with Crippen molar-refractivity contribution in [2.75, 3.05) is 13.2 Å². The van der Waals surface area contributed by atoms with Crippen LogP contribution in [0, 0.1) is 0 Å². The van der Waals surface area contributed by atoms with Crippen LogP contribution in [0.2, 0.25) is 0 Å². The molecule has 0 amide bonds. The first-order valence-electron chi connectivity index (χ1n) is 12.6. The minimum absolute atomic E-state index is 0.0876. The Balaban J connectivity index is 1.66. The van der Waals surface area contributed by atoms with Gasteiger partial charge in [0.2, 0.25) is 29.8 Å². The van der Waals surface area contributed by atoms with Crippen molar-refractivity contribution in [3.8, 4) is 40.1 Å². The molecule has 0 unspecified atom stereocenters. The van der Waals surface area contributed by atoms with Crippen LogP contribution in [0.4, 0.5) is 0 Å². The maximum absolute atomic E-state index is 13.3. The van der Waals surface area contributed by atoms with Crippen LogP contribution in [0.3, 0.4) is 0 Å². The topological polar surface area (TPSA) is 269 Å². The molecular formula is C26H28O16. The summed E-state index contributed by atoms with van der Waals surface area (Å²) in [5, 5.41) is 102. The van der Waals surface area contributed by atoms with E-state index < -0.39 is 108 Å². The SMILES string of the molecule is O=c1cc(-c2ccc(O)cc2)oc2c(O[C@H]3O[C@H](CO)[C@@H](O)[C@H](O)[C@H]3O)c(O)c(O[C@H]3OC[C@@H](O)[C@@H](O)[C@@H]3O)c(O)c12. The molecule has 2 aromatic carbocycles. The molecule has 16 nitrogen and oxygen atoms in total. The Morgan fingerprint density at radius 3 is 2.10 bits per heavy atom. The summed E-state index contributed by atoms with van der Waals surface area (Å²) in [5.41, 5.74) is -1.23. The monoisotopic (exact) mass is 596 g/mol. The molecule has 5 rings (SSSR count). The van der Waals surface area contributed by atoms with E-state index in [-0.39, 0.29) is 17.1 Å². The first-order chi connectivity index (χ1) is 19.9. The van der Waals surface area contributed by atoms with Gasteiger partial charge in [-0.15, -0.1) is 0 Å². The predicted octanol–water partition coefficient (Wildman–Crippen LogP) is -2.43. The highest BCUT2D eigenvalue weighted by atomic mass is 16.7. The molecule has 2 fully saturated rings. The van der Waals surface area contributed by atoms with Crippen LogP contribution in [0.25, 0.3) is 22.3 Å². The van der Waals surface area contributed by atoms with Gasteiger partial charge in [0.15, 0.2) is 16.8 Å². The molecule has 3 aromatic rings. The Bertz CT molecular complexity index is 1490. The number of aliphatic hydroxyl groups is 7.